The predicted octanol–water partition coefficient (Wildman–Crippen LogP) is 2.87. The number of primary amides is 1. The van der Waals surface area contributed by atoms with Gasteiger partial charge in [0, 0.05) is 11.1 Å². The van der Waals surface area contributed by atoms with Crippen LogP contribution in [0.15, 0.2) is 30.3 Å². The van der Waals surface area contributed by atoms with Crippen LogP contribution in [-0.4, -0.2) is 21.4 Å². The average molecular weight is 332 g/mol. The molecule has 1 aromatic heterocycles. The normalized spacial score (nSPS) is 17.3. The van der Waals surface area contributed by atoms with Crippen LogP contribution in [0.3, 0.4) is 0 Å². The molecule has 1 amide bonds. The molecule has 3 aromatic rings. The van der Waals surface area contributed by atoms with Gasteiger partial charge in [-0.1, -0.05) is 24.3 Å². The molecular formula is C20H20N4O. The van der Waals surface area contributed by atoms with E-state index in [1.54, 1.807) is 0 Å². The molecule has 2 heterocycles. The third-order valence-electron chi connectivity index (χ3n) is 5.69. The number of amides is 1. The van der Waals surface area contributed by atoms with Gasteiger partial charge in [0.1, 0.15) is 11.3 Å². The highest BCUT2D eigenvalue weighted by Crippen LogP contribution is 2.43. The van der Waals surface area contributed by atoms with Gasteiger partial charge in [0.25, 0.3) is 0 Å². The number of benzene rings is 2. The molecular weight excluding hydrogens is 312 g/mol. The van der Waals surface area contributed by atoms with Crippen LogP contribution < -0.4 is 11.1 Å². The number of H-pyrrole nitrogens is 1. The lowest BCUT2D eigenvalue weighted by Crippen LogP contribution is -2.43. The lowest BCUT2D eigenvalue weighted by molar-refractivity contribution is 0.0999. The molecule has 1 aliphatic carbocycles. The number of nitrogens with zero attached hydrogens (tertiary/aromatic N) is 1. The van der Waals surface area contributed by atoms with Crippen LogP contribution in [0.1, 0.15) is 39.3 Å². The van der Waals surface area contributed by atoms with Crippen molar-refractivity contribution in [2.75, 3.05) is 5.32 Å². The SMILES string of the molecule is Cc1nc2c3c(c(C(N)=O)cc2[nH]1)CCC1(Cc2ccccc2C1)N3. The molecule has 4 N–H and O–H groups in total. The summed E-state index contributed by atoms with van der Waals surface area (Å²) in [4.78, 5) is 19.9. The number of aryl methyl sites for hydroxylation is 1. The number of hydrogen-bond acceptors (Lipinski definition) is 3. The zero-order chi connectivity index (χ0) is 17.2. The number of aromatic nitrogens is 2. The molecule has 5 nitrogen and oxygen atoms in total. The third kappa shape index (κ3) is 2.08. The van der Waals surface area contributed by atoms with Crippen molar-refractivity contribution in [1.29, 1.82) is 0 Å². The molecule has 0 atom stereocenters. The van der Waals surface area contributed by atoms with Gasteiger partial charge >= 0.3 is 0 Å². The Morgan fingerprint density at radius 3 is 2.64 bits per heavy atom. The molecule has 0 saturated carbocycles. The minimum atomic E-state index is -0.377. The topological polar surface area (TPSA) is 83.8 Å². The van der Waals surface area contributed by atoms with E-state index in [1.807, 2.05) is 13.0 Å². The fourth-order valence-corrected chi connectivity index (χ4v) is 4.58. The number of carbonyl (C=O) groups excluding carboxylic acids is 1. The maximum atomic E-state index is 12.0. The van der Waals surface area contributed by atoms with Crippen molar-refractivity contribution in [2.45, 2.75) is 38.1 Å². The van der Waals surface area contributed by atoms with Crippen LogP contribution in [0.25, 0.3) is 11.0 Å². The maximum Gasteiger partial charge on any atom is 0.249 e. The van der Waals surface area contributed by atoms with Crippen LogP contribution >= 0.6 is 0 Å². The zero-order valence-corrected chi connectivity index (χ0v) is 14.1. The molecule has 0 radical (unpaired) electrons. The first-order valence-corrected chi connectivity index (χ1v) is 8.72. The first-order valence-electron chi connectivity index (χ1n) is 8.72. The fourth-order valence-electron chi connectivity index (χ4n) is 4.58. The van der Waals surface area contributed by atoms with Crippen LogP contribution in [0.4, 0.5) is 5.69 Å². The number of fused-ring (bicyclic) bond motifs is 4. The van der Waals surface area contributed by atoms with E-state index in [2.05, 4.69) is 39.6 Å². The van der Waals surface area contributed by atoms with Crippen molar-refractivity contribution in [3.8, 4) is 0 Å². The second-order valence-corrected chi connectivity index (χ2v) is 7.39. The summed E-state index contributed by atoms with van der Waals surface area (Å²) in [6.07, 6.45) is 3.85. The Bertz CT molecular complexity index is 1010. The Kier molecular flexibility index (Phi) is 2.82. The van der Waals surface area contributed by atoms with Gasteiger partial charge in [0.2, 0.25) is 5.91 Å². The van der Waals surface area contributed by atoms with E-state index in [0.717, 1.165) is 53.8 Å². The van der Waals surface area contributed by atoms with Crippen molar-refractivity contribution in [3.63, 3.8) is 0 Å². The molecule has 25 heavy (non-hydrogen) atoms. The summed E-state index contributed by atoms with van der Waals surface area (Å²) in [6, 6.07) is 10.5. The fraction of sp³-hybridized carbons (Fsp3) is 0.300. The van der Waals surface area contributed by atoms with Crippen LogP contribution in [0, 0.1) is 6.92 Å². The second kappa shape index (κ2) is 4.85. The molecule has 0 unspecified atom stereocenters. The maximum absolute atomic E-state index is 12.0. The van der Waals surface area contributed by atoms with Crippen molar-refractivity contribution in [3.05, 3.63) is 58.4 Å². The Morgan fingerprint density at radius 2 is 1.96 bits per heavy atom. The molecule has 5 heteroatoms. The lowest BCUT2D eigenvalue weighted by Gasteiger charge is -2.37. The molecule has 0 fully saturated rings. The number of carbonyl (C=O) groups is 1. The first-order chi connectivity index (χ1) is 12.0. The van der Waals surface area contributed by atoms with Crippen molar-refractivity contribution in [2.24, 2.45) is 5.73 Å². The van der Waals surface area contributed by atoms with E-state index >= 15 is 0 Å². The van der Waals surface area contributed by atoms with Gasteiger partial charge < -0.3 is 16.0 Å². The Hall–Kier alpha value is -2.82. The highest BCUT2D eigenvalue weighted by Gasteiger charge is 2.41. The molecule has 2 aromatic carbocycles. The van der Waals surface area contributed by atoms with E-state index in [0.29, 0.717) is 5.56 Å². The monoisotopic (exact) mass is 332 g/mol. The van der Waals surface area contributed by atoms with Crippen molar-refractivity contribution < 1.29 is 4.79 Å². The largest absolute Gasteiger partial charge is 0.377 e. The molecule has 0 saturated heterocycles. The molecule has 126 valence electrons. The quantitative estimate of drug-likeness (QED) is 0.641. The van der Waals surface area contributed by atoms with Crippen molar-refractivity contribution >= 4 is 22.6 Å². The summed E-state index contributed by atoms with van der Waals surface area (Å²) in [5, 5.41) is 3.78. The van der Waals surface area contributed by atoms with Gasteiger partial charge in [0.15, 0.2) is 0 Å². The van der Waals surface area contributed by atoms with Gasteiger partial charge in [-0.2, -0.15) is 0 Å². The summed E-state index contributed by atoms with van der Waals surface area (Å²) in [7, 11) is 0. The van der Waals surface area contributed by atoms with E-state index in [4.69, 9.17) is 5.73 Å². The van der Waals surface area contributed by atoms with Gasteiger partial charge in [-0.25, -0.2) is 4.98 Å². The molecule has 1 spiro atoms. The van der Waals surface area contributed by atoms with Crippen LogP contribution in [-0.2, 0) is 19.3 Å². The third-order valence-corrected chi connectivity index (χ3v) is 5.69. The Balaban J connectivity index is 1.66. The standard InChI is InChI=1S/C20H20N4O/c1-11-22-16-8-15(19(21)25)14-6-7-20(24-17(14)18(16)23-11)9-12-4-2-3-5-13(12)10-20/h2-5,8,24H,6-7,9-10H2,1H3,(H2,21,25)(H,22,23). The first kappa shape index (κ1) is 14.5. The van der Waals surface area contributed by atoms with Gasteiger partial charge in [0.05, 0.1) is 11.2 Å². The lowest BCUT2D eigenvalue weighted by atomic mass is 9.82. The molecule has 5 rings (SSSR count). The minimum absolute atomic E-state index is 0.00669. The van der Waals surface area contributed by atoms with E-state index in [9.17, 15) is 4.79 Å². The average Bonchev–Trinajstić information content (AvgIpc) is 3.13. The molecule has 2 aliphatic rings. The number of rotatable bonds is 1. The summed E-state index contributed by atoms with van der Waals surface area (Å²) in [5.41, 5.74) is 12.9. The van der Waals surface area contributed by atoms with Crippen molar-refractivity contribution in [1.82, 2.24) is 9.97 Å². The predicted molar refractivity (Wildman–Crippen MR) is 97.9 cm³/mol. The minimum Gasteiger partial charge on any atom is -0.377 e. The van der Waals surface area contributed by atoms with Crippen LogP contribution in [0.2, 0.25) is 0 Å². The Morgan fingerprint density at radius 1 is 1.24 bits per heavy atom. The highest BCUT2D eigenvalue weighted by molar-refractivity contribution is 6.03. The number of hydrogen-bond donors (Lipinski definition) is 3. The summed E-state index contributed by atoms with van der Waals surface area (Å²) < 4.78 is 0. The summed E-state index contributed by atoms with van der Waals surface area (Å²) in [6.45, 7) is 1.93. The van der Waals surface area contributed by atoms with Gasteiger partial charge in [-0.15, -0.1) is 0 Å². The van der Waals surface area contributed by atoms with E-state index in [1.165, 1.54) is 11.1 Å². The smallest absolute Gasteiger partial charge is 0.249 e. The van der Waals surface area contributed by atoms with Gasteiger partial charge in [-0.3, -0.25) is 4.79 Å². The number of nitrogens with one attached hydrogen (secondary N) is 2. The number of nitrogens with two attached hydrogens (primary N) is 1. The number of imidazole rings is 1. The highest BCUT2D eigenvalue weighted by atomic mass is 16.1. The second-order valence-electron chi connectivity index (χ2n) is 7.39. The van der Waals surface area contributed by atoms with E-state index < -0.39 is 0 Å². The molecule has 0 bridgehead atoms. The Labute approximate surface area is 145 Å². The van der Waals surface area contributed by atoms with E-state index in [-0.39, 0.29) is 11.4 Å². The zero-order valence-electron chi connectivity index (χ0n) is 14.1. The van der Waals surface area contributed by atoms with Gasteiger partial charge in [-0.05, 0) is 55.4 Å². The number of aromatic amines is 1. The molecule has 1 aliphatic heterocycles. The summed E-state index contributed by atoms with van der Waals surface area (Å²) in [5.74, 6) is 0.466. The van der Waals surface area contributed by atoms with Crippen LogP contribution in [0.5, 0.6) is 0 Å². The number of anilines is 1. The summed E-state index contributed by atoms with van der Waals surface area (Å²) >= 11 is 0.